The molecule has 3 heteroatoms. The number of benzene rings is 1. The Bertz CT molecular complexity index is 445. The van der Waals surface area contributed by atoms with Crippen molar-refractivity contribution in [3.8, 4) is 0 Å². The van der Waals surface area contributed by atoms with E-state index in [9.17, 15) is 0 Å². The molecule has 74 valence electrons. The minimum atomic E-state index is 1.09. The quantitative estimate of drug-likeness (QED) is 0.602. The second-order valence-corrected chi connectivity index (χ2v) is 2.98. The number of aromatic nitrogens is 3. The van der Waals surface area contributed by atoms with Gasteiger partial charge in [-0.1, -0.05) is 24.3 Å². The van der Waals surface area contributed by atoms with Gasteiger partial charge in [0.15, 0.2) is 0 Å². The molecule has 3 rings (SSSR count). The van der Waals surface area contributed by atoms with E-state index in [4.69, 9.17) is 0 Å². The number of fused-ring (bicyclic) bond motifs is 1. The molecule has 0 bridgehead atoms. The lowest BCUT2D eigenvalue weighted by Gasteiger charge is -1.81. The average molecular weight is 197 g/mol. The lowest BCUT2D eigenvalue weighted by atomic mass is 10.3. The molecule has 0 atom stereocenters. The van der Waals surface area contributed by atoms with Crippen LogP contribution in [0.2, 0.25) is 0 Å². The van der Waals surface area contributed by atoms with Crippen LogP contribution in [0, 0.1) is 0 Å². The van der Waals surface area contributed by atoms with Crippen molar-refractivity contribution in [2.75, 3.05) is 0 Å². The zero-order valence-electron chi connectivity index (χ0n) is 8.17. The third kappa shape index (κ3) is 2.64. The maximum absolute atomic E-state index is 3.88. The Hall–Kier alpha value is -2.16. The summed E-state index contributed by atoms with van der Waals surface area (Å²) in [4.78, 5) is 3.78. The van der Waals surface area contributed by atoms with Crippen LogP contribution in [0.3, 0.4) is 0 Å². The van der Waals surface area contributed by atoms with E-state index in [1.54, 1.807) is 12.4 Å². The fraction of sp³-hybridized carbons (Fsp3) is 0. The van der Waals surface area contributed by atoms with Crippen molar-refractivity contribution in [3.05, 3.63) is 61.1 Å². The fourth-order valence-electron chi connectivity index (χ4n) is 1.20. The van der Waals surface area contributed by atoms with Crippen molar-refractivity contribution in [3.63, 3.8) is 0 Å². The van der Waals surface area contributed by atoms with Gasteiger partial charge in [-0.05, 0) is 18.2 Å². The Morgan fingerprint density at radius 3 is 2.27 bits per heavy atom. The summed E-state index contributed by atoms with van der Waals surface area (Å²) in [5, 5.41) is 7.91. The lowest BCUT2D eigenvalue weighted by Crippen LogP contribution is -1.63. The smallest absolute Gasteiger partial charge is 0.0650 e. The first kappa shape index (κ1) is 9.40. The van der Waals surface area contributed by atoms with Crippen LogP contribution in [-0.4, -0.2) is 15.2 Å². The van der Waals surface area contributed by atoms with Crippen LogP contribution in [-0.2, 0) is 0 Å². The molecule has 0 aliphatic rings. The van der Waals surface area contributed by atoms with E-state index in [0.717, 1.165) is 10.9 Å². The topological polar surface area (TPSA) is 41.6 Å². The van der Waals surface area contributed by atoms with Gasteiger partial charge in [0.05, 0.1) is 11.7 Å². The Kier molecular flexibility index (Phi) is 3.07. The lowest BCUT2D eigenvalue weighted by molar-refractivity contribution is 1.12. The van der Waals surface area contributed by atoms with Crippen molar-refractivity contribution >= 4 is 10.9 Å². The largest absolute Gasteiger partial charge is 0.278 e. The van der Waals surface area contributed by atoms with E-state index in [1.807, 2.05) is 48.7 Å². The Balaban J connectivity index is 0.000000124. The van der Waals surface area contributed by atoms with Crippen LogP contribution >= 0.6 is 0 Å². The van der Waals surface area contributed by atoms with Gasteiger partial charge in [-0.25, -0.2) is 0 Å². The summed E-state index contributed by atoms with van der Waals surface area (Å²) in [6.07, 6.45) is 5.31. The molecule has 0 spiro atoms. The van der Waals surface area contributed by atoms with Crippen molar-refractivity contribution in [1.29, 1.82) is 0 Å². The summed E-state index contributed by atoms with van der Waals surface area (Å²) in [7, 11) is 0. The molecule has 15 heavy (non-hydrogen) atoms. The predicted molar refractivity (Wildman–Crippen MR) is 60.3 cm³/mol. The first-order chi connectivity index (χ1) is 7.47. The van der Waals surface area contributed by atoms with Gasteiger partial charge in [-0.15, -0.1) is 0 Å². The van der Waals surface area contributed by atoms with Crippen molar-refractivity contribution < 1.29 is 0 Å². The highest BCUT2D eigenvalue weighted by atomic mass is 15.1. The van der Waals surface area contributed by atoms with E-state index < -0.39 is 0 Å². The molecule has 0 amide bonds. The number of pyridine rings is 1. The number of hydrogen-bond acceptors (Lipinski definition) is 2. The minimum absolute atomic E-state index is 1.09. The van der Waals surface area contributed by atoms with E-state index in [-0.39, 0.29) is 0 Å². The first-order valence-corrected chi connectivity index (χ1v) is 4.70. The van der Waals surface area contributed by atoms with Gasteiger partial charge in [0, 0.05) is 17.8 Å². The molecule has 0 aliphatic carbocycles. The molecule has 0 fully saturated rings. The normalized spacial score (nSPS) is 9.33. The second-order valence-electron chi connectivity index (χ2n) is 2.98. The molecule has 3 nitrogen and oxygen atoms in total. The number of aromatic amines is 1. The molecule has 0 saturated heterocycles. The van der Waals surface area contributed by atoms with Crippen LogP contribution in [0.4, 0.5) is 0 Å². The molecule has 3 aromatic rings. The van der Waals surface area contributed by atoms with E-state index in [0.29, 0.717) is 0 Å². The Morgan fingerprint density at radius 2 is 1.67 bits per heavy atom. The highest BCUT2D eigenvalue weighted by Crippen LogP contribution is 2.06. The molecule has 0 radical (unpaired) electrons. The zero-order valence-corrected chi connectivity index (χ0v) is 8.17. The third-order valence-corrected chi connectivity index (χ3v) is 1.92. The summed E-state index contributed by atoms with van der Waals surface area (Å²) < 4.78 is 0. The summed E-state index contributed by atoms with van der Waals surface area (Å²) >= 11 is 0. The zero-order chi connectivity index (χ0) is 10.3. The molecular weight excluding hydrogens is 186 g/mol. The molecule has 2 aromatic heterocycles. The number of rotatable bonds is 0. The molecular formula is C12H11N3. The van der Waals surface area contributed by atoms with E-state index in [1.165, 1.54) is 0 Å². The minimum Gasteiger partial charge on any atom is -0.278 e. The highest BCUT2D eigenvalue weighted by molar-refractivity contribution is 5.77. The number of H-pyrrole nitrogens is 1. The van der Waals surface area contributed by atoms with Gasteiger partial charge >= 0.3 is 0 Å². The van der Waals surface area contributed by atoms with Crippen molar-refractivity contribution in [2.45, 2.75) is 0 Å². The molecule has 0 saturated carbocycles. The fourth-order valence-corrected chi connectivity index (χ4v) is 1.20. The summed E-state index contributed by atoms with van der Waals surface area (Å²) in [5.74, 6) is 0. The van der Waals surface area contributed by atoms with Gasteiger partial charge in [0.2, 0.25) is 0 Å². The van der Waals surface area contributed by atoms with Gasteiger partial charge < -0.3 is 0 Å². The number of para-hydroxylation sites is 1. The first-order valence-electron chi connectivity index (χ1n) is 4.70. The van der Waals surface area contributed by atoms with Gasteiger partial charge in [0.25, 0.3) is 0 Å². The molecule has 1 aromatic carbocycles. The summed E-state index contributed by atoms with van der Waals surface area (Å²) in [6, 6.07) is 13.7. The van der Waals surface area contributed by atoms with Gasteiger partial charge in [0.1, 0.15) is 0 Å². The predicted octanol–water partition coefficient (Wildman–Crippen LogP) is 2.64. The monoisotopic (exact) mass is 197 g/mol. The number of nitrogens with zero attached hydrogens (tertiary/aromatic N) is 2. The van der Waals surface area contributed by atoms with Crippen LogP contribution in [0.5, 0.6) is 0 Å². The van der Waals surface area contributed by atoms with Crippen LogP contribution in [0.25, 0.3) is 10.9 Å². The molecule has 1 N–H and O–H groups in total. The van der Waals surface area contributed by atoms with Crippen LogP contribution < -0.4 is 0 Å². The van der Waals surface area contributed by atoms with Gasteiger partial charge in [-0.2, -0.15) is 5.10 Å². The van der Waals surface area contributed by atoms with Crippen LogP contribution in [0.1, 0.15) is 0 Å². The van der Waals surface area contributed by atoms with Gasteiger partial charge in [-0.3, -0.25) is 10.1 Å². The number of hydrogen-bond donors (Lipinski definition) is 1. The second kappa shape index (κ2) is 4.91. The maximum Gasteiger partial charge on any atom is 0.0650 e. The van der Waals surface area contributed by atoms with Crippen molar-refractivity contribution in [2.24, 2.45) is 0 Å². The Labute approximate surface area is 87.8 Å². The highest BCUT2D eigenvalue weighted by Gasteiger charge is 1.88. The molecule has 0 unspecified atom stereocenters. The SMILES string of the molecule is c1ccc2[nH]ncc2c1.c1ccncc1. The van der Waals surface area contributed by atoms with E-state index in [2.05, 4.69) is 15.2 Å². The Morgan fingerprint density at radius 1 is 0.867 bits per heavy atom. The maximum atomic E-state index is 3.88. The summed E-state index contributed by atoms with van der Waals surface area (Å²) in [6.45, 7) is 0. The van der Waals surface area contributed by atoms with Crippen molar-refractivity contribution in [1.82, 2.24) is 15.2 Å². The van der Waals surface area contributed by atoms with Crippen LogP contribution in [0.15, 0.2) is 61.1 Å². The third-order valence-electron chi connectivity index (χ3n) is 1.92. The average Bonchev–Trinajstić information content (AvgIpc) is 2.80. The standard InChI is InChI=1S/C7H6N2.C5H5N/c1-2-4-7-6(3-1)5-8-9-7;1-2-4-6-5-3-1/h1-5H,(H,8,9);1-5H. The van der Waals surface area contributed by atoms with E-state index >= 15 is 0 Å². The molecule has 0 aliphatic heterocycles. The molecule has 2 heterocycles. The summed E-state index contributed by atoms with van der Waals surface area (Å²) in [5.41, 5.74) is 1.09. The number of nitrogens with one attached hydrogen (secondary N) is 1.